The molecule has 0 aliphatic carbocycles. The van der Waals surface area contributed by atoms with Gasteiger partial charge in [-0.15, -0.1) is 0 Å². The Kier molecular flexibility index (Phi) is 3.37. The molecule has 13 heavy (non-hydrogen) atoms. The molecule has 0 saturated carbocycles. The van der Waals surface area contributed by atoms with Crippen LogP contribution in [-0.4, -0.2) is 12.6 Å². The van der Waals surface area contributed by atoms with Crippen LogP contribution in [0, 0.1) is 0 Å². The third kappa shape index (κ3) is 2.25. The first-order valence-corrected chi connectivity index (χ1v) is 4.68. The Morgan fingerprint density at radius 2 is 2.08 bits per heavy atom. The largest absolute Gasteiger partial charge is 0.303 e. The lowest BCUT2D eigenvalue weighted by molar-refractivity contribution is -0.108. The fourth-order valence-corrected chi connectivity index (χ4v) is 1.67. The van der Waals surface area contributed by atoms with E-state index in [-0.39, 0.29) is 5.92 Å². The van der Waals surface area contributed by atoms with Gasteiger partial charge in [0.1, 0.15) is 12.6 Å². The van der Waals surface area contributed by atoms with E-state index in [0.717, 1.165) is 22.6 Å². The van der Waals surface area contributed by atoms with E-state index in [4.69, 9.17) is 0 Å². The fraction of sp³-hybridized carbons (Fsp3) is 0.200. The molecule has 0 radical (unpaired) electrons. The zero-order chi connectivity index (χ0) is 9.84. The molecule has 0 aromatic heterocycles. The standard InChI is InChI=1S/C10H9BrO2/c1-7(5-12)9-4-8(6-13)2-3-10(9)11/h2-7H,1H3. The van der Waals surface area contributed by atoms with E-state index >= 15 is 0 Å². The maximum atomic E-state index is 10.5. The van der Waals surface area contributed by atoms with E-state index in [1.54, 1.807) is 25.1 Å². The minimum Gasteiger partial charge on any atom is -0.303 e. The average molecular weight is 241 g/mol. The summed E-state index contributed by atoms with van der Waals surface area (Å²) >= 11 is 3.33. The van der Waals surface area contributed by atoms with Crippen molar-refractivity contribution in [2.45, 2.75) is 12.8 Å². The molecule has 68 valence electrons. The second-order valence-electron chi connectivity index (χ2n) is 2.82. The highest BCUT2D eigenvalue weighted by Gasteiger charge is 2.08. The quantitative estimate of drug-likeness (QED) is 0.762. The summed E-state index contributed by atoms with van der Waals surface area (Å²) in [6.07, 6.45) is 1.63. The molecule has 1 aromatic carbocycles. The summed E-state index contributed by atoms with van der Waals surface area (Å²) in [7, 11) is 0. The van der Waals surface area contributed by atoms with Crippen LogP contribution < -0.4 is 0 Å². The molecule has 0 amide bonds. The van der Waals surface area contributed by atoms with Crippen molar-refractivity contribution < 1.29 is 9.59 Å². The Morgan fingerprint density at radius 1 is 1.38 bits per heavy atom. The number of halogens is 1. The topological polar surface area (TPSA) is 34.1 Å². The monoisotopic (exact) mass is 240 g/mol. The van der Waals surface area contributed by atoms with Crippen LogP contribution in [0.1, 0.15) is 28.8 Å². The molecule has 0 fully saturated rings. The Morgan fingerprint density at radius 3 is 2.62 bits per heavy atom. The summed E-state index contributed by atoms with van der Waals surface area (Å²) in [5.74, 6) is -0.186. The van der Waals surface area contributed by atoms with Crippen LogP contribution in [0.25, 0.3) is 0 Å². The first kappa shape index (κ1) is 10.1. The molecular weight excluding hydrogens is 232 g/mol. The van der Waals surface area contributed by atoms with E-state index in [9.17, 15) is 9.59 Å². The summed E-state index contributed by atoms with van der Waals surface area (Å²) in [5.41, 5.74) is 1.44. The van der Waals surface area contributed by atoms with Crippen molar-refractivity contribution in [2.75, 3.05) is 0 Å². The number of benzene rings is 1. The van der Waals surface area contributed by atoms with E-state index in [1.807, 2.05) is 0 Å². The van der Waals surface area contributed by atoms with Crippen molar-refractivity contribution in [1.82, 2.24) is 0 Å². The van der Waals surface area contributed by atoms with E-state index in [2.05, 4.69) is 15.9 Å². The highest BCUT2D eigenvalue weighted by atomic mass is 79.9. The van der Waals surface area contributed by atoms with Gasteiger partial charge in [-0.1, -0.05) is 28.9 Å². The third-order valence-electron chi connectivity index (χ3n) is 1.85. The molecular formula is C10H9BrO2. The molecule has 1 aromatic rings. The average Bonchev–Trinajstić information content (AvgIpc) is 2.17. The molecule has 0 aliphatic heterocycles. The summed E-state index contributed by atoms with van der Waals surface area (Å²) in [6.45, 7) is 1.79. The van der Waals surface area contributed by atoms with Gasteiger partial charge in [-0.25, -0.2) is 0 Å². The molecule has 1 atom stereocenters. The first-order valence-electron chi connectivity index (χ1n) is 3.89. The fourth-order valence-electron chi connectivity index (χ4n) is 1.06. The van der Waals surface area contributed by atoms with Crippen LogP contribution in [0.4, 0.5) is 0 Å². The van der Waals surface area contributed by atoms with Crippen LogP contribution in [0.2, 0.25) is 0 Å². The number of aldehydes is 2. The lowest BCUT2D eigenvalue weighted by Crippen LogP contribution is -1.96. The predicted molar refractivity (Wildman–Crippen MR) is 54.0 cm³/mol. The van der Waals surface area contributed by atoms with Crippen LogP contribution in [-0.2, 0) is 4.79 Å². The molecule has 0 saturated heterocycles. The van der Waals surface area contributed by atoms with Crippen LogP contribution in [0.15, 0.2) is 22.7 Å². The normalized spacial score (nSPS) is 12.2. The van der Waals surface area contributed by atoms with Gasteiger partial charge in [-0.05, 0) is 17.7 Å². The van der Waals surface area contributed by atoms with Crippen molar-refractivity contribution >= 4 is 28.5 Å². The molecule has 2 nitrogen and oxygen atoms in total. The summed E-state index contributed by atoms with van der Waals surface area (Å²) in [5, 5.41) is 0. The van der Waals surface area contributed by atoms with Crippen LogP contribution >= 0.6 is 15.9 Å². The van der Waals surface area contributed by atoms with Gasteiger partial charge in [0, 0.05) is 16.0 Å². The maximum Gasteiger partial charge on any atom is 0.150 e. The number of rotatable bonds is 3. The zero-order valence-electron chi connectivity index (χ0n) is 7.16. The van der Waals surface area contributed by atoms with Crippen molar-refractivity contribution in [3.63, 3.8) is 0 Å². The zero-order valence-corrected chi connectivity index (χ0v) is 8.74. The lowest BCUT2D eigenvalue weighted by Gasteiger charge is -2.07. The Balaban J connectivity index is 3.17. The van der Waals surface area contributed by atoms with E-state index in [1.165, 1.54) is 0 Å². The SMILES string of the molecule is CC(C=O)c1cc(C=O)ccc1Br. The molecule has 0 aliphatic rings. The summed E-state index contributed by atoms with van der Waals surface area (Å²) in [6, 6.07) is 5.20. The molecule has 0 N–H and O–H groups in total. The Bertz CT molecular complexity index is 334. The van der Waals surface area contributed by atoms with Gasteiger partial charge in [-0.2, -0.15) is 0 Å². The summed E-state index contributed by atoms with van der Waals surface area (Å²) < 4.78 is 0.859. The smallest absolute Gasteiger partial charge is 0.150 e. The highest BCUT2D eigenvalue weighted by Crippen LogP contribution is 2.24. The summed E-state index contributed by atoms with van der Waals surface area (Å²) in [4.78, 5) is 21.0. The van der Waals surface area contributed by atoms with E-state index < -0.39 is 0 Å². The second-order valence-corrected chi connectivity index (χ2v) is 3.68. The Hall–Kier alpha value is -0.960. The molecule has 1 unspecified atom stereocenters. The van der Waals surface area contributed by atoms with Crippen molar-refractivity contribution in [3.05, 3.63) is 33.8 Å². The number of hydrogen-bond acceptors (Lipinski definition) is 2. The molecule has 3 heteroatoms. The van der Waals surface area contributed by atoms with Gasteiger partial charge in [0.05, 0.1) is 0 Å². The van der Waals surface area contributed by atoms with Gasteiger partial charge in [-0.3, -0.25) is 4.79 Å². The number of hydrogen-bond donors (Lipinski definition) is 0. The highest BCUT2D eigenvalue weighted by molar-refractivity contribution is 9.10. The Labute approximate surface area is 85.1 Å². The molecule has 0 heterocycles. The van der Waals surface area contributed by atoms with Crippen molar-refractivity contribution in [1.29, 1.82) is 0 Å². The van der Waals surface area contributed by atoms with Gasteiger partial charge in [0.25, 0.3) is 0 Å². The maximum absolute atomic E-state index is 10.5. The minimum atomic E-state index is -0.186. The van der Waals surface area contributed by atoms with Gasteiger partial charge < -0.3 is 4.79 Å². The van der Waals surface area contributed by atoms with Crippen LogP contribution in [0.5, 0.6) is 0 Å². The van der Waals surface area contributed by atoms with Gasteiger partial charge >= 0.3 is 0 Å². The van der Waals surface area contributed by atoms with Crippen molar-refractivity contribution in [2.24, 2.45) is 0 Å². The lowest BCUT2D eigenvalue weighted by atomic mass is 10.0. The predicted octanol–water partition coefficient (Wildman–Crippen LogP) is 2.56. The van der Waals surface area contributed by atoms with Gasteiger partial charge in [0.2, 0.25) is 0 Å². The molecule has 1 rings (SSSR count). The van der Waals surface area contributed by atoms with Gasteiger partial charge in [0.15, 0.2) is 0 Å². The molecule has 0 spiro atoms. The first-order chi connectivity index (χ1) is 6.19. The third-order valence-corrected chi connectivity index (χ3v) is 2.57. The van der Waals surface area contributed by atoms with Crippen molar-refractivity contribution in [3.8, 4) is 0 Å². The number of carbonyl (C=O) groups is 2. The second kappa shape index (κ2) is 4.33. The number of carbonyl (C=O) groups excluding carboxylic acids is 2. The van der Waals surface area contributed by atoms with Crippen LogP contribution in [0.3, 0.4) is 0 Å². The van der Waals surface area contributed by atoms with E-state index in [0.29, 0.717) is 5.56 Å². The molecule has 0 bridgehead atoms. The minimum absolute atomic E-state index is 0.186.